The van der Waals surface area contributed by atoms with Crippen LogP contribution in [0.25, 0.3) is 54.5 Å². The third-order valence-electron chi connectivity index (χ3n) is 34.1. The van der Waals surface area contributed by atoms with Crippen molar-refractivity contribution in [2.24, 2.45) is 68.5 Å². The summed E-state index contributed by atoms with van der Waals surface area (Å²) in [5, 5.41) is 103. The number of rotatable bonds is 23. The Labute approximate surface area is 897 Å². The van der Waals surface area contributed by atoms with E-state index < -0.39 is 62.5 Å². The SMILES string of the molecule is C#Cc1ccc(NC(=O)N2CCC(C(C)(C)[C@H](O)c3c(F)c(Cl)cc4cn[nH]c34)CC2)cc1.C=S1(=O)CCC(CC(=O)N2CCC(C(C)(C)[C@H](O)c3cc(Cl)cc4cn[nH]c34)CC2)CC1.CC(C)(C1CCN(C(=O)C2CC2)CC1)[C@H](O)c1c(F)c(Cl)cc2cn[nH]c12.CC(C)(C1CCN(C(=O)CN2CCCCC2)CC1)[C@H](O)c1cc(Cl)cc2cn[nH]c12.CCCNC(=O)N1CCC(C(C)(C)[C@H](O)c2cc(Cl)cc3cn[nH]c23)CC1. The molecule has 7 amide bonds. The number of fused-ring (bicyclic) bond motifs is 5. The molecule has 19 rings (SSSR count). The molecule has 5 aromatic heterocycles. The molecule has 7 aliphatic heterocycles. The minimum atomic E-state index is -1.91. The molecule has 5 atom stereocenters. The Kier molecular flexibility index (Phi) is 36.7. The fraction of sp³-hybridized carbons (Fsp3) is 0.562. The van der Waals surface area contributed by atoms with Gasteiger partial charge in [-0.25, -0.2) is 18.4 Å². The number of aromatic nitrogens is 10. The molecule has 37 heteroatoms. The monoisotopic (exact) mass is 2160 g/mol. The molecule has 0 bridgehead atoms. The van der Waals surface area contributed by atoms with Gasteiger partial charge in [-0.1, -0.05) is 147 Å². The van der Waals surface area contributed by atoms with Crippen LogP contribution in [-0.2, 0) is 23.9 Å². The molecule has 6 aromatic carbocycles. The number of carbonyl (C=O) groups excluding carboxylic acids is 5. The number of aromatic amines is 5. The van der Waals surface area contributed by atoms with Crippen LogP contribution in [0.4, 0.5) is 24.1 Å². The number of carbonyl (C=O) groups is 5. The summed E-state index contributed by atoms with van der Waals surface area (Å²) in [6, 6.07) is 21.0. The largest absolute Gasteiger partial charge is 0.388 e. The van der Waals surface area contributed by atoms with E-state index in [-0.39, 0.29) is 90.9 Å². The normalized spacial score (nSPS) is 20.1. The first-order chi connectivity index (χ1) is 70.8. The number of likely N-dealkylation sites (tertiary alicyclic amines) is 6. The van der Waals surface area contributed by atoms with Crippen LogP contribution in [0.1, 0.15) is 262 Å². The van der Waals surface area contributed by atoms with Gasteiger partial charge in [-0.2, -0.15) is 25.5 Å². The van der Waals surface area contributed by atoms with Crippen molar-refractivity contribution in [3.63, 3.8) is 0 Å². The molecule has 1 aliphatic carbocycles. The lowest BCUT2D eigenvalue weighted by Crippen LogP contribution is -2.47. The van der Waals surface area contributed by atoms with Crippen LogP contribution in [0.15, 0.2) is 104 Å². The van der Waals surface area contributed by atoms with E-state index in [0.29, 0.717) is 157 Å². The van der Waals surface area contributed by atoms with Crippen molar-refractivity contribution >= 4 is 163 Å². The molecule has 12 heterocycles. The maximum atomic E-state index is 15.0. The first-order valence-corrected chi connectivity index (χ1v) is 56.7. The summed E-state index contributed by atoms with van der Waals surface area (Å²) in [5.74, 6) is 8.86. The van der Waals surface area contributed by atoms with Crippen molar-refractivity contribution in [2.75, 3.05) is 108 Å². The number of piperidine rings is 6. The molecule has 806 valence electrons. The average molecular weight is 2170 g/mol. The van der Waals surface area contributed by atoms with E-state index in [1.807, 2.05) is 90.6 Å². The lowest BCUT2D eigenvalue weighted by atomic mass is 9.68. The molecule has 8 aliphatic rings. The highest BCUT2D eigenvalue weighted by molar-refractivity contribution is 8.00. The van der Waals surface area contributed by atoms with Gasteiger partial charge in [-0.3, -0.25) is 49.0 Å². The van der Waals surface area contributed by atoms with Crippen LogP contribution < -0.4 is 10.6 Å². The van der Waals surface area contributed by atoms with Crippen molar-refractivity contribution in [3.05, 3.63) is 174 Å². The number of urea groups is 2. The molecule has 12 N–H and O–H groups in total. The molecule has 0 unspecified atom stereocenters. The predicted octanol–water partition coefficient (Wildman–Crippen LogP) is 21.5. The van der Waals surface area contributed by atoms with Gasteiger partial charge < -0.3 is 60.7 Å². The summed E-state index contributed by atoms with van der Waals surface area (Å²) in [5.41, 5.74) is 5.21. The van der Waals surface area contributed by atoms with Crippen LogP contribution in [0, 0.1) is 92.5 Å². The van der Waals surface area contributed by atoms with Gasteiger partial charge >= 0.3 is 12.1 Å². The van der Waals surface area contributed by atoms with E-state index in [1.54, 1.807) is 60.1 Å². The second kappa shape index (κ2) is 48.3. The molecule has 8 fully saturated rings. The Morgan fingerprint density at radius 1 is 0.443 bits per heavy atom. The quantitative estimate of drug-likeness (QED) is 0.0209. The highest BCUT2D eigenvalue weighted by atomic mass is 35.5. The second-order valence-electron chi connectivity index (χ2n) is 45.4. The zero-order valence-electron chi connectivity index (χ0n) is 87.4. The second-order valence-corrected chi connectivity index (χ2v) is 50.3. The number of terminal acetylenes is 1. The van der Waals surface area contributed by atoms with Gasteiger partial charge in [0, 0.05) is 177 Å². The van der Waals surface area contributed by atoms with Gasteiger partial charge in [-0.05, 0) is 273 Å². The number of anilines is 1. The minimum Gasteiger partial charge on any atom is -0.388 e. The predicted molar refractivity (Wildman–Crippen MR) is 588 cm³/mol. The van der Waals surface area contributed by atoms with Crippen LogP contribution in [0.5, 0.6) is 0 Å². The maximum absolute atomic E-state index is 15.0. The van der Waals surface area contributed by atoms with Crippen molar-refractivity contribution in [1.82, 2.24) is 85.7 Å². The first-order valence-electron chi connectivity index (χ1n) is 52.7. The first kappa shape index (κ1) is 113. The molecule has 11 aromatic rings. The standard InChI is InChI=1S/C25H26ClFN4O2.C24H34ClN3O3S.C23H33ClN4O2.C20H25ClFN3O2.C20H29ClN4O2/c1-4-15-5-7-18(8-6-15)29-24(33)31-11-9-17(10-12-31)25(2,3)23(32)20-21(27)19(26)13-16-14-28-30-22(16)20;1-24(2,23(30)20-14-19(25)13-17-15-26-27-22(17)20)18-4-8-28(9-5-18)21(29)12-16-6-10-32(3,31)11-7-16;1-23(2,22(30)19-13-18(24)12-16-14-25-26-21(16)19)17-6-10-28(11-7-17)20(29)15-27-8-4-3-5-9-27;1-20(2,13-5-7-25(8-6-13)19(27)11-3-4-11)18(26)15-16(22)14(21)9-12-10-23-24-17(12)15;1-4-7-22-19(27)25-8-5-14(6-9-25)20(2,3)18(26)16-11-15(21)10-13-12-23-24-17(13)16/h1,5-8,13-14,17,23,32H,9-12H2,2-3H3,(H,28,30)(H,29,33);13-16,18,23,30H,3-12H2,1-2H3,(H,26,27);12-14,17,22,30H,3-11,15H2,1-2H3,(H,25,26);9-11,13,18,26H,3-8H2,1-2H3,(H,23,24);10-12,14,18,26H,4-9H2,1-3H3,(H,22,27)(H,23,24)/t23-;16?,23-,32?;22-;2*18-/m11111/s1. The van der Waals surface area contributed by atoms with Gasteiger partial charge in [0.15, 0.2) is 0 Å². The van der Waals surface area contributed by atoms with E-state index in [1.165, 1.54) is 31.4 Å². The average Bonchev–Trinajstić information content (AvgIpc) is 1.70. The lowest BCUT2D eigenvalue weighted by Gasteiger charge is -2.43. The lowest BCUT2D eigenvalue weighted by molar-refractivity contribution is -0.136. The van der Waals surface area contributed by atoms with Crippen LogP contribution in [0.2, 0.25) is 25.1 Å². The van der Waals surface area contributed by atoms with Crippen LogP contribution in [0.3, 0.4) is 0 Å². The van der Waals surface area contributed by atoms with E-state index >= 15 is 0 Å². The Hall–Kier alpha value is -9.73. The fourth-order valence-corrected chi connectivity index (χ4v) is 26.4. The van der Waals surface area contributed by atoms with Gasteiger partial charge in [0.05, 0.1) is 106 Å². The van der Waals surface area contributed by atoms with Gasteiger partial charge in [0.2, 0.25) is 17.7 Å². The number of halogens is 7. The number of benzene rings is 6. The van der Waals surface area contributed by atoms with E-state index in [0.717, 1.165) is 165 Å². The van der Waals surface area contributed by atoms with Gasteiger partial charge in [-0.15, -0.1) is 6.42 Å². The van der Waals surface area contributed by atoms with E-state index in [4.69, 9.17) is 64.4 Å². The summed E-state index contributed by atoms with van der Waals surface area (Å²) in [6.45, 7) is 32.7. The highest BCUT2D eigenvalue weighted by Crippen LogP contribution is 2.54. The molecule has 1 saturated carbocycles. The molecule has 7 saturated heterocycles. The molecule has 0 spiro atoms. The Bertz CT molecular complexity index is 6660. The fourth-order valence-electron chi connectivity index (χ4n) is 23.5. The number of hydrogen-bond acceptors (Lipinski definition) is 17. The van der Waals surface area contributed by atoms with Crippen molar-refractivity contribution in [1.29, 1.82) is 0 Å². The topological polar surface area (TPSA) is 390 Å². The Morgan fingerprint density at radius 3 is 1.13 bits per heavy atom. The molecular formula is C112H147Cl5F2N18O11S. The van der Waals surface area contributed by atoms with E-state index in [2.05, 4.69) is 120 Å². The van der Waals surface area contributed by atoms with Crippen molar-refractivity contribution in [3.8, 4) is 12.3 Å². The molecule has 149 heavy (non-hydrogen) atoms. The van der Waals surface area contributed by atoms with Crippen molar-refractivity contribution in [2.45, 2.75) is 229 Å². The summed E-state index contributed by atoms with van der Waals surface area (Å²) < 4.78 is 41.9. The Morgan fingerprint density at radius 2 is 0.772 bits per heavy atom. The van der Waals surface area contributed by atoms with Crippen molar-refractivity contribution < 1.29 is 62.5 Å². The van der Waals surface area contributed by atoms with Crippen LogP contribution >= 0.6 is 58.0 Å². The van der Waals surface area contributed by atoms with Gasteiger partial charge in [0.1, 0.15) is 11.6 Å². The van der Waals surface area contributed by atoms with E-state index in [9.17, 15) is 62.5 Å². The molecule has 29 nitrogen and oxygen atoms in total. The number of aliphatic hydroxyl groups excluding tert-OH is 5. The number of hydrogen-bond donors (Lipinski definition) is 12. The number of H-pyrrole nitrogens is 5. The summed E-state index contributed by atoms with van der Waals surface area (Å²) in [7, 11) is -1.91. The highest BCUT2D eigenvalue weighted by Gasteiger charge is 2.49. The van der Waals surface area contributed by atoms with Gasteiger partial charge in [0.25, 0.3) is 0 Å². The number of aliphatic hydroxyl groups is 5. The summed E-state index contributed by atoms with van der Waals surface area (Å²) in [4.78, 5) is 74.6. The number of nitrogens with one attached hydrogen (secondary N) is 7. The zero-order chi connectivity index (χ0) is 107. The number of amides is 7. The maximum Gasteiger partial charge on any atom is 0.321 e. The summed E-state index contributed by atoms with van der Waals surface area (Å²) >= 11 is 31.0. The van der Waals surface area contributed by atoms with Crippen LogP contribution in [-0.4, -0.2) is 249 Å². The zero-order valence-corrected chi connectivity index (χ0v) is 92.0. The smallest absolute Gasteiger partial charge is 0.321 e. The minimum absolute atomic E-state index is 0.0152. The number of nitrogens with zero attached hydrogens (tertiary/aromatic N) is 11. The molecule has 0 radical (unpaired) electrons. The molecular weight excluding hydrogens is 2020 g/mol. The third-order valence-corrected chi connectivity index (χ3v) is 37.2. The third kappa shape index (κ3) is 26.2. The summed E-state index contributed by atoms with van der Waals surface area (Å²) in [6.07, 6.45) is 26.6. The Balaban J connectivity index is 0.000000140.